The minimum absolute atomic E-state index is 0.195. The van der Waals surface area contributed by atoms with Gasteiger partial charge in [0.2, 0.25) is 0 Å². The first-order valence-electron chi connectivity index (χ1n) is 6.28. The molecular formula is C16H12FNO2. The number of benzene rings is 2. The van der Waals surface area contributed by atoms with Gasteiger partial charge in [-0.2, -0.15) is 0 Å². The number of anilines is 1. The van der Waals surface area contributed by atoms with E-state index < -0.39 is 11.7 Å². The molecule has 2 aromatic rings. The van der Waals surface area contributed by atoms with Crippen LogP contribution < -0.4 is 4.90 Å². The van der Waals surface area contributed by atoms with Crippen LogP contribution in [0.15, 0.2) is 42.5 Å². The normalized spacial score (nSPS) is 13.8. The quantitative estimate of drug-likeness (QED) is 0.786. The van der Waals surface area contributed by atoms with Gasteiger partial charge in [0.25, 0.3) is 11.7 Å². The topological polar surface area (TPSA) is 37.4 Å². The van der Waals surface area contributed by atoms with Gasteiger partial charge in [0.15, 0.2) is 0 Å². The van der Waals surface area contributed by atoms with Crippen molar-refractivity contribution < 1.29 is 14.0 Å². The summed E-state index contributed by atoms with van der Waals surface area (Å²) in [6.45, 7) is 2.05. The zero-order valence-corrected chi connectivity index (χ0v) is 10.9. The van der Waals surface area contributed by atoms with Crippen molar-refractivity contribution in [3.8, 4) is 0 Å². The number of nitrogens with zero attached hydrogens (tertiary/aromatic N) is 1. The molecule has 0 aromatic heterocycles. The number of ketones is 1. The molecule has 3 nitrogen and oxygen atoms in total. The Labute approximate surface area is 115 Å². The number of halogens is 1. The molecule has 1 aliphatic rings. The third-order valence-corrected chi connectivity index (χ3v) is 3.42. The number of carbonyl (C=O) groups excluding carboxylic acids is 2. The molecule has 0 saturated carbocycles. The lowest BCUT2D eigenvalue weighted by atomic mass is 10.1. The number of rotatable bonds is 2. The first-order chi connectivity index (χ1) is 9.58. The second kappa shape index (κ2) is 4.56. The molecule has 3 rings (SSSR count). The molecule has 0 unspecified atom stereocenters. The van der Waals surface area contributed by atoms with Gasteiger partial charge in [-0.15, -0.1) is 0 Å². The monoisotopic (exact) mass is 269 g/mol. The molecule has 0 atom stereocenters. The molecule has 100 valence electrons. The fourth-order valence-electron chi connectivity index (χ4n) is 2.51. The van der Waals surface area contributed by atoms with E-state index in [1.54, 1.807) is 24.3 Å². The van der Waals surface area contributed by atoms with Gasteiger partial charge in [-0.1, -0.05) is 24.3 Å². The molecule has 0 radical (unpaired) electrons. The Bertz CT molecular complexity index is 724. The molecular weight excluding hydrogens is 257 g/mol. The largest absolute Gasteiger partial charge is 0.300 e. The van der Waals surface area contributed by atoms with E-state index >= 15 is 0 Å². The first-order valence-corrected chi connectivity index (χ1v) is 6.28. The Morgan fingerprint density at radius 1 is 1.10 bits per heavy atom. The van der Waals surface area contributed by atoms with Crippen LogP contribution >= 0.6 is 0 Å². The van der Waals surface area contributed by atoms with Crippen molar-refractivity contribution in [1.29, 1.82) is 0 Å². The molecule has 20 heavy (non-hydrogen) atoms. The van der Waals surface area contributed by atoms with Crippen LogP contribution in [-0.4, -0.2) is 11.7 Å². The number of para-hydroxylation sites is 1. The Hall–Kier alpha value is -2.49. The van der Waals surface area contributed by atoms with Crippen molar-refractivity contribution in [2.75, 3.05) is 4.90 Å². The van der Waals surface area contributed by atoms with Crippen molar-refractivity contribution in [1.82, 2.24) is 0 Å². The maximum atomic E-state index is 13.2. The standard InChI is InChI=1S/C16H12FNO2/c1-10-4-2-7-13-14(10)18(16(20)15(13)19)9-11-5-3-6-12(17)8-11/h2-8H,9H2,1H3. The number of hydrogen-bond acceptors (Lipinski definition) is 2. The summed E-state index contributed by atoms with van der Waals surface area (Å²) in [5, 5.41) is 0. The van der Waals surface area contributed by atoms with E-state index in [1.807, 2.05) is 13.0 Å². The van der Waals surface area contributed by atoms with Crippen LogP contribution in [0.25, 0.3) is 0 Å². The summed E-state index contributed by atoms with van der Waals surface area (Å²) in [4.78, 5) is 25.5. The number of amides is 1. The van der Waals surface area contributed by atoms with Crippen LogP contribution in [-0.2, 0) is 11.3 Å². The smallest absolute Gasteiger partial charge is 0.299 e. The van der Waals surface area contributed by atoms with Crippen molar-refractivity contribution in [2.45, 2.75) is 13.5 Å². The van der Waals surface area contributed by atoms with E-state index in [1.165, 1.54) is 17.0 Å². The summed E-state index contributed by atoms with van der Waals surface area (Å²) in [6.07, 6.45) is 0. The SMILES string of the molecule is Cc1cccc2c1N(Cc1cccc(F)c1)C(=O)C2=O. The molecule has 0 spiro atoms. The van der Waals surface area contributed by atoms with Gasteiger partial charge in [0.05, 0.1) is 17.8 Å². The van der Waals surface area contributed by atoms with Crippen molar-refractivity contribution in [3.63, 3.8) is 0 Å². The zero-order chi connectivity index (χ0) is 14.3. The summed E-state index contributed by atoms with van der Waals surface area (Å²) in [7, 11) is 0. The van der Waals surface area contributed by atoms with Gasteiger partial charge in [0.1, 0.15) is 5.82 Å². The van der Waals surface area contributed by atoms with Crippen LogP contribution in [0.2, 0.25) is 0 Å². The molecule has 0 fully saturated rings. The third kappa shape index (κ3) is 1.90. The maximum absolute atomic E-state index is 13.2. The Morgan fingerprint density at radius 3 is 2.60 bits per heavy atom. The Morgan fingerprint density at radius 2 is 1.85 bits per heavy atom. The lowest BCUT2D eigenvalue weighted by molar-refractivity contribution is -0.114. The van der Waals surface area contributed by atoms with Gasteiger partial charge in [-0.3, -0.25) is 9.59 Å². The Kier molecular flexibility index (Phi) is 2.86. The van der Waals surface area contributed by atoms with Gasteiger partial charge in [-0.05, 0) is 36.2 Å². The molecule has 0 bridgehead atoms. The predicted octanol–water partition coefficient (Wildman–Crippen LogP) is 2.86. The molecule has 0 saturated heterocycles. The van der Waals surface area contributed by atoms with E-state index in [9.17, 15) is 14.0 Å². The minimum Gasteiger partial charge on any atom is -0.300 e. The van der Waals surface area contributed by atoms with Crippen LogP contribution in [0.4, 0.5) is 10.1 Å². The van der Waals surface area contributed by atoms with Crippen LogP contribution in [0, 0.1) is 12.7 Å². The zero-order valence-electron chi connectivity index (χ0n) is 10.9. The van der Waals surface area contributed by atoms with E-state index in [2.05, 4.69) is 0 Å². The second-order valence-electron chi connectivity index (χ2n) is 4.82. The highest BCUT2D eigenvalue weighted by molar-refractivity contribution is 6.52. The molecule has 1 amide bonds. The van der Waals surface area contributed by atoms with Crippen LogP contribution in [0.5, 0.6) is 0 Å². The summed E-state index contributed by atoms with van der Waals surface area (Å²) in [5.74, 6) is -1.41. The van der Waals surface area contributed by atoms with Crippen molar-refractivity contribution in [2.24, 2.45) is 0 Å². The number of carbonyl (C=O) groups is 2. The average molecular weight is 269 g/mol. The number of Topliss-reactive ketones (excluding diaryl/α,β-unsaturated/α-hetero) is 1. The fourth-order valence-corrected chi connectivity index (χ4v) is 2.51. The highest BCUT2D eigenvalue weighted by atomic mass is 19.1. The van der Waals surface area contributed by atoms with E-state index in [-0.39, 0.29) is 12.4 Å². The molecule has 0 N–H and O–H groups in total. The summed E-state index contributed by atoms with van der Waals surface area (Å²) in [6, 6.07) is 11.3. The molecule has 4 heteroatoms. The first kappa shape index (κ1) is 12.5. The summed E-state index contributed by atoms with van der Waals surface area (Å²) >= 11 is 0. The highest BCUT2D eigenvalue weighted by Gasteiger charge is 2.36. The molecule has 1 aliphatic heterocycles. The maximum Gasteiger partial charge on any atom is 0.299 e. The number of aryl methyl sites for hydroxylation is 1. The van der Waals surface area contributed by atoms with E-state index in [4.69, 9.17) is 0 Å². The van der Waals surface area contributed by atoms with E-state index in [0.29, 0.717) is 16.8 Å². The summed E-state index contributed by atoms with van der Waals surface area (Å²) < 4.78 is 13.2. The van der Waals surface area contributed by atoms with Crippen molar-refractivity contribution in [3.05, 3.63) is 65.0 Å². The van der Waals surface area contributed by atoms with Crippen LogP contribution in [0.3, 0.4) is 0 Å². The van der Waals surface area contributed by atoms with E-state index in [0.717, 1.165) is 5.56 Å². The summed E-state index contributed by atoms with van der Waals surface area (Å²) in [5.41, 5.74) is 2.57. The lowest BCUT2D eigenvalue weighted by Crippen LogP contribution is -2.29. The van der Waals surface area contributed by atoms with Crippen molar-refractivity contribution >= 4 is 17.4 Å². The van der Waals surface area contributed by atoms with Gasteiger partial charge >= 0.3 is 0 Å². The second-order valence-corrected chi connectivity index (χ2v) is 4.82. The van der Waals surface area contributed by atoms with Crippen LogP contribution in [0.1, 0.15) is 21.5 Å². The molecule has 2 aromatic carbocycles. The third-order valence-electron chi connectivity index (χ3n) is 3.42. The predicted molar refractivity (Wildman–Crippen MR) is 73.1 cm³/mol. The minimum atomic E-state index is -0.557. The van der Waals surface area contributed by atoms with Gasteiger partial charge in [-0.25, -0.2) is 4.39 Å². The molecule has 0 aliphatic carbocycles. The highest BCUT2D eigenvalue weighted by Crippen LogP contribution is 2.33. The average Bonchev–Trinajstić information content (AvgIpc) is 2.66. The fraction of sp³-hybridized carbons (Fsp3) is 0.125. The molecule has 1 heterocycles. The lowest BCUT2D eigenvalue weighted by Gasteiger charge is -2.18. The number of fused-ring (bicyclic) bond motifs is 1. The van der Waals surface area contributed by atoms with Gasteiger partial charge < -0.3 is 4.90 Å². The number of hydrogen-bond donors (Lipinski definition) is 0. The van der Waals surface area contributed by atoms with Gasteiger partial charge in [0, 0.05) is 0 Å². The Balaban J connectivity index is 2.03.